The van der Waals surface area contributed by atoms with Crippen molar-refractivity contribution in [2.45, 2.75) is 38.8 Å². The molecule has 0 spiro atoms. The van der Waals surface area contributed by atoms with E-state index in [1.54, 1.807) is 0 Å². The van der Waals surface area contributed by atoms with Crippen LogP contribution in [0.1, 0.15) is 38.8 Å². The summed E-state index contributed by atoms with van der Waals surface area (Å²) >= 11 is 3.54. The van der Waals surface area contributed by atoms with Crippen molar-refractivity contribution in [3.8, 4) is 0 Å². The van der Waals surface area contributed by atoms with Crippen LogP contribution in [0.4, 0.5) is 0 Å². The summed E-state index contributed by atoms with van der Waals surface area (Å²) in [4.78, 5) is 0. The Bertz CT molecular complexity index is 333. The monoisotopic (exact) mass is 285 g/mol. The first kappa shape index (κ1) is 13.7. The molecule has 2 N–H and O–H groups in total. The highest BCUT2D eigenvalue weighted by Gasteiger charge is 2.13. The summed E-state index contributed by atoms with van der Waals surface area (Å²) in [7, 11) is 0. The lowest BCUT2D eigenvalue weighted by atomic mass is 10.0. The van der Waals surface area contributed by atoms with Crippen LogP contribution in [0.2, 0.25) is 0 Å². The normalized spacial score (nSPS) is 13.8. The quantitative estimate of drug-likeness (QED) is 0.870. The fourth-order valence-corrected chi connectivity index (χ4v) is 2.16. The Hall–Kier alpha value is -0.380. The van der Waals surface area contributed by atoms with Gasteiger partial charge in [0.05, 0.1) is 5.60 Å². The largest absolute Gasteiger partial charge is 0.390 e. The maximum atomic E-state index is 9.61. The summed E-state index contributed by atoms with van der Waals surface area (Å²) in [5.74, 6) is 0. The molecule has 0 unspecified atom stereocenters. The Labute approximate surface area is 106 Å². The molecule has 0 aliphatic heterocycles. The number of rotatable bonds is 5. The first-order valence-electron chi connectivity index (χ1n) is 5.60. The molecule has 0 bridgehead atoms. The number of hydrogen-bond donors (Lipinski definition) is 2. The van der Waals surface area contributed by atoms with Crippen LogP contribution in [0.25, 0.3) is 0 Å². The molecule has 90 valence electrons. The summed E-state index contributed by atoms with van der Waals surface area (Å²) in [6.45, 7) is 6.60. The topological polar surface area (TPSA) is 32.3 Å². The van der Waals surface area contributed by atoms with Crippen LogP contribution in [-0.4, -0.2) is 17.3 Å². The molecule has 0 amide bonds. The summed E-state index contributed by atoms with van der Waals surface area (Å²) in [5.41, 5.74) is 0.652. The van der Waals surface area contributed by atoms with Crippen molar-refractivity contribution in [3.05, 3.63) is 34.3 Å². The minimum absolute atomic E-state index is 0.290. The fraction of sp³-hybridized carbons (Fsp3) is 0.538. The number of halogens is 1. The van der Waals surface area contributed by atoms with Crippen molar-refractivity contribution in [2.75, 3.05) is 6.54 Å². The molecule has 0 aliphatic rings. The summed E-state index contributed by atoms with van der Waals surface area (Å²) < 4.78 is 1.12. The van der Waals surface area contributed by atoms with Gasteiger partial charge >= 0.3 is 0 Å². The van der Waals surface area contributed by atoms with Gasteiger partial charge in [-0.3, -0.25) is 0 Å². The van der Waals surface area contributed by atoms with Gasteiger partial charge in [-0.25, -0.2) is 0 Å². The van der Waals surface area contributed by atoms with Crippen molar-refractivity contribution >= 4 is 15.9 Å². The zero-order chi connectivity index (χ0) is 12.2. The molecule has 2 nitrogen and oxygen atoms in total. The highest BCUT2D eigenvalue weighted by molar-refractivity contribution is 9.10. The second-order valence-corrected chi connectivity index (χ2v) is 5.61. The minimum Gasteiger partial charge on any atom is -0.390 e. The van der Waals surface area contributed by atoms with E-state index in [2.05, 4.69) is 34.2 Å². The Kier molecular flexibility index (Phi) is 4.96. The van der Waals surface area contributed by atoms with E-state index in [9.17, 15) is 5.11 Å². The summed E-state index contributed by atoms with van der Waals surface area (Å²) in [5, 5.41) is 13.0. The van der Waals surface area contributed by atoms with Crippen LogP contribution in [0.15, 0.2) is 28.7 Å². The van der Waals surface area contributed by atoms with Gasteiger partial charge in [0.25, 0.3) is 0 Å². The maximum absolute atomic E-state index is 9.61. The van der Waals surface area contributed by atoms with Crippen LogP contribution in [-0.2, 0) is 0 Å². The average molecular weight is 286 g/mol. The van der Waals surface area contributed by atoms with Gasteiger partial charge in [-0.05, 0) is 45.4 Å². The van der Waals surface area contributed by atoms with E-state index in [0.29, 0.717) is 0 Å². The molecule has 0 aliphatic carbocycles. The molecule has 0 radical (unpaired) electrons. The molecule has 0 aromatic heterocycles. The Morgan fingerprint density at radius 2 is 2.00 bits per heavy atom. The Balaban J connectivity index is 2.47. The zero-order valence-electron chi connectivity index (χ0n) is 10.1. The first-order chi connectivity index (χ1) is 7.40. The third kappa shape index (κ3) is 4.64. The molecule has 3 heteroatoms. The predicted octanol–water partition coefficient (Wildman–Crippen LogP) is 3.26. The third-order valence-electron chi connectivity index (χ3n) is 2.56. The van der Waals surface area contributed by atoms with E-state index in [-0.39, 0.29) is 6.04 Å². The maximum Gasteiger partial charge on any atom is 0.0603 e. The van der Waals surface area contributed by atoms with E-state index < -0.39 is 5.60 Å². The van der Waals surface area contributed by atoms with E-state index in [1.807, 2.05) is 32.0 Å². The van der Waals surface area contributed by atoms with E-state index in [1.165, 1.54) is 5.56 Å². The Morgan fingerprint density at radius 1 is 1.38 bits per heavy atom. The van der Waals surface area contributed by atoms with E-state index in [0.717, 1.165) is 17.4 Å². The molecule has 16 heavy (non-hydrogen) atoms. The Morgan fingerprint density at radius 3 is 2.56 bits per heavy atom. The van der Waals surface area contributed by atoms with Crippen LogP contribution in [0, 0.1) is 0 Å². The number of aliphatic hydroxyl groups is 1. The van der Waals surface area contributed by atoms with Gasteiger partial charge in [-0.15, -0.1) is 0 Å². The highest BCUT2D eigenvalue weighted by Crippen LogP contribution is 2.22. The molecule has 0 saturated carbocycles. The van der Waals surface area contributed by atoms with Gasteiger partial charge < -0.3 is 10.4 Å². The molecule has 1 aromatic carbocycles. The van der Waals surface area contributed by atoms with Crippen LogP contribution in [0.3, 0.4) is 0 Å². The first-order valence-corrected chi connectivity index (χ1v) is 6.39. The van der Waals surface area contributed by atoms with Gasteiger partial charge in [0, 0.05) is 10.5 Å². The lowest BCUT2D eigenvalue weighted by molar-refractivity contribution is 0.0705. The van der Waals surface area contributed by atoms with Crippen molar-refractivity contribution < 1.29 is 5.11 Å². The van der Waals surface area contributed by atoms with Crippen molar-refractivity contribution in [2.24, 2.45) is 0 Å². The molecule has 1 aromatic rings. The summed E-state index contributed by atoms with van der Waals surface area (Å²) in [6.07, 6.45) is 0.752. The predicted molar refractivity (Wildman–Crippen MR) is 71.5 cm³/mol. The average Bonchev–Trinajstić information content (AvgIpc) is 2.16. The summed E-state index contributed by atoms with van der Waals surface area (Å²) in [6, 6.07) is 8.48. The van der Waals surface area contributed by atoms with Crippen LogP contribution in [0.5, 0.6) is 0 Å². The second-order valence-electron chi connectivity index (χ2n) is 4.76. The van der Waals surface area contributed by atoms with E-state index >= 15 is 0 Å². The molecular weight excluding hydrogens is 266 g/mol. The van der Waals surface area contributed by atoms with Crippen molar-refractivity contribution in [1.82, 2.24) is 5.32 Å². The lowest BCUT2D eigenvalue weighted by Crippen LogP contribution is -2.28. The van der Waals surface area contributed by atoms with E-state index in [4.69, 9.17) is 0 Å². The lowest BCUT2D eigenvalue weighted by Gasteiger charge is -2.20. The smallest absolute Gasteiger partial charge is 0.0603 e. The molecule has 0 fully saturated rings. The van der Waals surface area contributed by atoms with Gasteiger partial charge in [0.15, 0.2) is 0 Å². The SMILES string of the molecule is C[C@H](NCCC(C)(C)O)c1ccccc1Br. The molecular formula is C13H20BrNO. The molecule has 0 saturated heterocycles. The highest BCUT2D eigenvalue weighted by atomic mass is 79.9. The third-order valence-corrected chi connectivity index (χ3v) is 3.28. The fourth-order valence-electron chi connectivity index (χ4n) is 1.53. The standard InChI is InChI=1S/C13H20BrNO/c1-10(15-9-8-13(2,3)16)11-6-4-5-7-12(11)14/h4-7,10,15-16H,8-9H2,1-3H3/t10-/m0/s1. The number of benzene rings is 1. The number of nitrogens with one attached hydrogen (secondary N) is 1. The number of hydrogen-bond acceptors (Lipinski definition) is 2. The van der Waals surface area contributed by atoms with Gasteiger partial charge in [0.2, 0.25) is 0 Å². The van der Waals surface area contributed by atoms with Gasteiger partial charge in [-0.1, -0.05) is 34.1 Å². The molecule has 1 atom stereocenters. The molecule has 0 heterocycles. The molecule has 1 rings (SSSR count). The van der Waals surface area contributed by atoms with Gasteiger partial charge in [-0.2, -0.15) is 0 Å². The second kappa shape index (κ2) is 5.80. The van der Waals surface area contributed by atoms with Crippen LogP contribution < -0.4 is 5.32 Å². The minimum atomic E-state index is -0.597. The van der Waals surface area contributed by atoms with Gasteiger partial charge in [0.1, 0.15) is 0 Å². The zero-order valence-corrected chi connectivity index (χ0v) is 11.7. The van der Waals surface area contributed by atoms with Crippen molar-refractivity contribution in [1.29, 1.82) is 0 Å². The van der Waals surface area contributed by atoms with Crippen molar-refractivity contribution in [3.63, 3.8) is 0 Å². The van der Waals surface area contributed by atoms with Crippen LogP contribution >= 0.6 is 15.9 Å².